The average Bonchev–Trinajstić information content (AvgIpc) is 2.78. The lowest BCUT2D eigenvalue weighted by molar-refractivity contribution is -0.154. The van der Waals surface area contributed by atoms with E-state index in [-0.39, 0.29) is 5.92 Å². The molecule has 0 N–H and O–H groups in total. The molecule has 1 aliphatic heterocycles. The second-order valence-electron chi connectivity index (χ2n) is 5.33. The summed E-state index contributed by atoms with van der Waals surface area (Å²) in [6.45, 7) is -0.154. The van der Waals surface area contributed by atoms with Gasteiger partial charge in [-0.1, -0.05) is 11.6 Å². The van der Waals surface area contributed by atoms with Crippen LogP contribution in [-0.4, -0.2) is 50.7 Å². The first-order valence-electron chi connectivity index (χ1n) is 6.63. The van der Waals surface area contributed by atoms with Crippen LogP contribution in [0.1, 0.15) is 11.5 Å². The van der Waals surface area contributed by atoms with Crippen LogP contribution in [0, 0.1) is 0 Å². The fourth-order valence-electron chi connectivity index (χ4n) is 2.51. The van der Waals surface area contributed by atoms with Gasteiger partial charge in [-0.2, -0.15) is 28.2 Å². The van der Waals surface area contributed by atoms with Crippen molar-refractivity contribution in [2.24, 2.45) is 7.05 Å². The predicted octanol–water partition coefficient (Wildman–Crippen LogP) is 2.49. The molecule has 0 spiro atoms. The summed E-state index contributed by atoms with van der Waals surface area (Å²) in [5.41, 5.74) is 2.03. The van der Waals surface area contributed by atoms with Gasteiger partial charge < -0.3 is 0 Å². The van der Waals surface area contributed by atoms with Gasteiger partial charge in [0.25, 0.3) is 0 Å². The predicted molar refractivity (Wildman–Crippen MR) is 74.5 cm³/mol. The average molecular weight is 332 g/mol. The van der Waals surface area contributed by atoms with Gasteiger partial charge in [0.15, 0.2) is 0 Å². The Labute approximate surface area is 129 Å². The van der Waals surface area contributed by atoms with E-state index < -0.39 is 12.7 Å². The smallest absolute Gasteiger partial charge is 0.294 e. The second kappa shape index (κ2) is 5.51. The van der Waals surface area contributed by atoms with E-state index in [9.17, 15) is 13.2 Å². The summed E-state index contributed by atoms with van der Waals surface area (Å²) >= 11 is 6.01. The number of hydrogen-bond donors (Lipinski definition) is 0. The van der Waals surface area contributed by atoms with Crippen molar-refractivity contribution in [1.29, 1.82) is 0 Å². The van der Waals surface area contributed by atoms with Gasteiger partial charge >= 0.3 is 6.18 Å². The number of pyridine rings is 1. The monoisotopic (exact) mass is 331 g/mol. The zero-order chi connectivity index (χ0) is 15.9. The van der Waals surface area contributed by atoms with Crippen molar-refractivity contribution in [2.75, 3.05) is 19.6 Å². The molecule has 1 saturated heterocycles. The highest BCUT2D eigenvalue weighted by atomic mass is 35.5. The fraction of sp³-hybridized carbons (Fsp3) is 0.462. The van der Waals surface area contributed by atoms with E-state index in [1.54, 1.807) is 19.3 Å². The molecule has 3 rings (SSSR count). The molecule has 0 atom stereocenters. The quantitative estimate of drug-likeness (QED) is 0.811. The first-order valence-corrected chi connectivity index (χ1v) is 7.01. The molecule has 22 heavy (non-hydrogen) atoms. The minimum absolute atomic E-state index is 0.0262. The Morgan fingerprint density at radius 1 is 1.27 bits per heavy atom. The fourth-order valence-corrected chi connectivity index (χ4v) is 2.73. The maximum absolute atomic E-state index is 12.3. The highest BCUT2D eigenvalue weighted by Gasteiger charge is 2.37. The number of alkyl halides is 3. The van der Waals surface area contributed by atoms with Crippen LogP contribution in [0.25, 0.3) is 11.4 Å². The SMILES string of the molecule is Cn1ncc(-c2cc(C3CN(CC(F)(F)F)C3)cc(Cl)n2)n1. The summed E-state index contributed by atoms with van der Waals surface area (Å²) in [6.07, 6.45) is -2.59. The van der Waals surface area contributed by atoms with Crippen LogP contribution in [0.15, 0.2) is 18.3 Å². The van der Waals surface area contributed by atoms with Crippen molar-refractivity contribution >= 4 is 11.6 Å². The molecular weight excluding hydrogens is 319 g/mol. The molecule has 1 fully saturated rings. The largest absolute Gasteiger partial charge is 0.401 e. The highest BCUT2D eigenvalue weighted by molar-refractivity contribution is 6.29. The minimum atomic E-state index is -4.16. The number of halogens is 4. The third-order valence-corrected chi connectivity index (χ3v) is 3.70. The normalized spacial score (nSPS) is 16.8. The van der Waals surface area contributed by atoms with Crippen molar-refractivity contribution < 1.29 is 13.2 Å². The van der Waals surface area contributed by atoms with Crippen LogP contribution in [0.2, 0.25) is 5.15 Å². The molecule has 2 aromatic heterocycles. The number of likely N-dealkylation sites (tertiary alicyclic amines) is 1. The van der Waals surface area contributed by atoms with E-state index >= 15 is 0 Å². The van der Waals surface area contributed by atoms with E-state index in [0.29, 0.717) is 29.6 Å². The van der Waals surface area contributed by atoms with Gasteiger partial charge in [-0.15, -0.1) is 0 Å². The number of rotatable bonds is 3. The molecule has 0 aliphatic carbocycles. The molecule has 5 nitrogen and oxygen atoms in total. The molecule has 0 amide bonds. The maximum atomic E-state index is 12.3. The molecule has 118 valence electrons. The molecule has 3 heterocycles. The summed E-state index contributed by atoms with van der Waals surface area (Å²) in [7, 11) is 1.69. The van der Waals surface area contributed by atoms with E-state index in [1.165, 1.54) is 9.70 Å². The van der Waals surface area contributed by atoms with Crippen molar-refractivity contribution in [3.05, 3.63) is 29.0 Å². The topological polar surface area (TPSA) is 46.8 Å². The standard InChI is InChI=1S/C13H13ClF3N5/c1-21-18-4-11(20-21)10-2-8(3-12(14)19-10)9-5-22(6-9)7-13(15,16)17/h2-4,9H,5-7H2,1H3. The highest BCUT2D eigenvalue weighted by Crippen LogP contribution is 2.32. The Balaban J connectivity index is 1.75. The zero-order valence-electron chi connectivity index (χ0n) is 11.7. The lowest BCUT2D eigenvalue weighted by Crippen LogP contribution is -2.49. The Bertz CT molecular complexity index is 679. The van der Waals surface area contributed by atoms with Gasteiger partial charge in [0.2, 0.25) is 0 Å². The van der Waals surface area contributed by atoms with E-state index in [4.69, 9.17) is 11.6 Å². The zero-order valence-corrected chi connectivity index (χ0v) is 12.4. The van der Waals surface area contributed by atoms with Gasteiger partial charge in [-0.3, -0.25) is 4.90 Å². The Kier molecular flexibility index (Phi) is 3.82. The summed E-state index contributed by atoms with van der Waals surface area (Å²) in [5.74, 6) is 0.0262. The second-order valence-corrected chi connectivity index (χ2v) is 5.72. The molecule has 1 aliphatic rings. The molecule has 0 aromatic carbocycles. The lowest BCUT2D eigenvalue weighted by atomic mass is 9.91. The Morgan fingerprint density at radius 2 is 2.00 bits per heavy atom. The van der Waals surface area contributed by atoms with E-state index in [2.05, 4.69) is 15.2 Å². The summed E-state index contributed by atoms with van der Waals surface area (Å²) in [6, 6.07) is 3.50. The third-order valence-electron chi connectivity index (χ3n) is 3.51. The van der Waals surface area contributed by atoms with Crippen LogP contribution >= 0.6 is 11.6 Å². The minimum Gasteiger partial charge on any atom is -0.294 e. The summed E-state index contributed by atoms with van der Waals surface area (Å²) < 4.78 is 37.0. The van der Waals surface area contributed by atoms with Crippen molar-refractivity contribution in [1.82, 2.24) is 24.9 Å². The summed E-state index contributed by atoms with van der Waals surface area (Å²) in [5, 5.41) is 8.43. The molecule has 9 heteroatoms. The van der Waals surface area contributed by atoms with Crippen molar-refractivity contribution in [2.45, 2.75) is 12.1 Å². The maximum Gasteiger partial charge on any atom is 0.401 e. The molecule has 0 radical (unpaired) electrons. The molecular formula is C13H13ClF3N5. The van der Waals surface area contributed by atoms with E-state index in [1.807, 2.05) is 6.07 Å². The van der Waals surface area contributed by atoms with Gasteiger partial charge in [0, 0.05) is 26.1 Å². The van der Waals surface area contributed by atoms with Crippen LogP contribution in [0.4, 0.5) is 13.2 Å². The molecule has 0 unspecified atom stereocenters. The molecule has 2 aromatic rings. The number of nitrogens with zero attached hydrogens (tertiary/aromatic N) is 5. The first kappa shape index (κ1) is 15.2. The third kappa shape index (κ3) is 3.38. The Hall–Kier alpha value is -1.67. The van der Waals surface area contributed by atoms with Crippen LogP contribution < -0.4 is 0 Å². The lowest BCUT2D eigenvalue weighted by Gasteiger charge is -2.39. The van der Waals surface area contributed by atoms with Gasteiger partial charge in [-0.05, 0) is 17.7 Å². The van der Waals surface area contributed by atoms with Gasteiger partial charge in [0.1, 0.15) is 10.8 Å². The van der Waals surface area contributed by atoms with Gasteiger partial charge in [-0.25, -0.2) is 4.98 Å². The number of aryl methyl sites for hydroxylation is 1. The first-order chi connectivity index (χ1) is 10.3. The van der Waals surface area contributed by atoms with Crippen molar-refractivity contribution in [3.63, 3.8) is 0 Å². The van der Waals surface area contributed by atoms with Crippen LogP contribution in [0.3, 0.4) is 0 Å². The molecule has 0 saturated carbocycles. The Morgan fingerprint density at radius 3 is 2.59 bits per heavy atom. The number of hydrogen-bond acceptors (Lipinski definition) is 4. The van der Waals surface area contributed by atoms with Crippen LogP contribution in [-0.2, 0) is 7.05 Å². The van der Waals surface area contributed by atoms with Crippen molar-refractivity contribution in [3.8, 4) is 11.4 Å². The molecule has 0 bridgehead atoms. The van der Waals surface area contributed by atoms with E-state index in [0.717, 1.165) is 5.56 Å². The number of aromatic nitrogens is 4. The summed E-state index contributed by atoms with van der Waals surface area (Å²) in [4.78, 5) is 6.96. The van der Waals surface area contributed by atoms with Crippen LogP contribution in [0.5, 0.6) is 0 Å². The van der Waals surface area contributed by atoms with Gasteiger partial charge in [0.05, 0.1) is 18.4 Å².